The molecule has 2 aromatic rings. The molecule has 4 heteroatoms. The number of hydrogen-bond acceptors (Lipinski definition) is 3. The molecule has 2 aromatic carbocycles. The number of nitrogens with one attached hydrogen (secondary N) is 1. The van der Waals surface area contributed by atoms with Crippen molar-refractivity contribution >= 4 is 11.6 Å². The molecule has 1 N–H and O–H groups in total. The molecule has 1 aliphatic heterocycles. The van der Waals surface area contributed by atoms with Gasteiger partial charge < -0.3 is 10.2 Å². The van der Waals surface area contributed by atoms with Crippen LogP contribution in [0.15, 0.2) is 60.7 Å². The lowest BCUT2D eigenvalue weighted by atomic mass is 10.0. The van der Waals surface area contributed by atoms with Crippen molar-refractivity contribution in [2.75, 3.05) is 38.5 Å². The van der Waals surface area contributed by atoms with Gasteiger partial charge in [-0.1, -0.05) is 48.5 Å². The highest BCUT2D eigenvalue weighted by atomic mass is 16.2. The minimum Gasteiger partial charge on any atom is -0.324 e. The standard InChI is InChI=1S/C20H25N3O/c1-22-13-8-14-23(16-15-22)19(17-9-4-2-5-10-17)20(24)21-18-11-6-3-7-12-18/h2-7,9-12,19H,8,13-16H2,1H3,(H,21,24). The normalized spacial score (nSPS) is 17.9. The summed E-state index contributed by atoms with van der Waals surface area (Å²) in [7, 11) is 2.14. The second-order valence-corrected chi connectivity index (χ2v) is 6.36. The Bertz CT molecular complexity index is 644. The van der Waals surface area contributed by atoms with Crippen LogP contribution >= 0.6 is 0 Å². The van der Waals surface area contributed by atoms with Crippen molar-refractivity contribution in [3.8, 4) is 0 Å². The zero-order chi connectivity index (χ0) is 16.8. The number of rotatable bonds is 4. The summed E-state index contributed by atoms with van der Waals surface area (Å²) in [5.74, 6) is 0.0388. The van der Waals surface area contributed by atoms with E-state index in [0.717, 1.165) is 43.9 Å². The monoisotopic (exact) mass is 323 g/mol. The van der Waals surface area contributed by atoms with Gasteiger partial charge in [0, 0.05) is 25.3 Å². The van der Waals surface area contributed by atoms with Gasteiger partial charge in [0.1, 0.15) is 6.04 Å². The minimum atomic E-state index is -0.252. The van der Waals surface area contributed by atoms with E-state index in [4.69, 9.17) is 0 Å². The molecule has 0 aromatic heterocycles. The molecule has 0 aliphatic carbocycles. The molecule has 1 amide bonds. The summed E-state index contributed by atoms with van der Waals surface area (Å²) < 4.78 is 0. The fraction of sp³-hybridized carbons (Fsp3) is 0.350. The van der Waals surface area contributed by atoms with E-state index in [1.165, 1.54) is 0 Å². The van der Waals surface area contributed by atoms with Crippen LogP contribution in [0.5, 0.6) is 0 Å². The van der Waals surface area contributed by atoms with Crippen molar-refractivity contribution in [2.45, 2.75) is 12.5 Å². The molecule has 0 spiro atoms. The third-order valence-corrected chi connectivity index (χ3v) is 4.52. The summed E-state index contributed by atoms with van der Waals surface area (Å²) in [5.41, 5.74) is 1.89. The van der Waals surface area contributed by atoms with Gasteiger partial charge in [-0.05, 0) is 37.7 Å². The summed E-state index contributed by atoms with van der Waals surface area (Å²) in [5, 5.41) is 3.08. The van der Waals surface area contributed by atoms with Crippen LogP contribution in [0.2, 0.25) is 0 Å². The van der Waals surface area contributed by atoms with Crippen molar-refractivity contribution in [3.05, 3.63) is 66.2 Å². The van der Waals surface area contributed by atoms with E-state index in [9.17, 15) is 4.79 Å². The van der Waals surface area contributed by atoms with Gasteiger partial charge >= 0.3 is 0 Å². The van der Waals surface area contributed by atoms with E-state index in [2.05, 4.69) is 22.2 Å². The van der Waals surface area contributed by atoms with Crippen LogP contribution in [0.3, 0.4) is 0 Å². The Morgan fingerprint density at radius 3 is 2.29 bits per heavy atom. The third kappa shape index (κ3) is 4.22. The fourth-order valence-corrected chi connectivity index (χ4v) is 3.22. The number of anilines is 1. The number of carbonyl (C=O) groups excluding carboxylic acids is 1. The zero-order valence-corrected chi connectivity index (χ0v) is 14.2. The van der Waals surface area contributed by atoms with Crippen LogP contribution in [-0.4, -0.2) is 48.9 Å². The second-order valence-electron chi connectivity index (χ2n) is 6.36. The molecule has 4 nitrogen and oxygen atoms in total. The van der Waals surface area contributed by atoms with Crippen molar-refractivity contribution in [1.29, 1.82) is 0 Å². The topological polar surface area (TPSA) is 35.6 Å². The maximum Gasteiger partial charge on any atom is 0.246 e. The Hall–Kier alpha value is -2.17. The molecule has 0 bridgehead atoms. The number of amides is 1. The number of carbonyl (C=O) groups is 1. The van der Waals surface area contributed by atoms with Crippen molar-refractivity contribution in [2.24, 2.45) is 0 Å². The third-order valence-electron chi connectivity index (χ3n) is 4.52. The first kappa shape index (κ1) is 16.7. The van der Waals surface area contributed by atoms with Gasteiger partial charge in [0.2, 0.25) is 5.91 Å². The summed E-state index contributed by atoms with van der Waals surface area (Å²) in [6, 6.07) is 19.5. The largest absolute Gasteiger partial charge is 0.324 e. The number of para-hydroxylation sites is 1. The average molecular weight is 323 g/mol. The highest BCUT2D eigenvalue weighted by Gasteiger charge is 2.28. The second kappa shape index (κ2) is 8.08. The van der Waals surface area contributed by atoms with Gasteiger partial charge in [0.25, 0.3) is 0 Å². The van der Waals surface area contributed by atoms with Crippen LogP contribution < -0.4 is 5.32 Å². The lowest BCUT2D eigenvalue weighted by Crippen LogP contribution is -2.39. The maximum absolute atomic E-state index is 13.0. The van der Waals surface area contributed by atoms with E-state index in [1.807, 2.05) is 60.7 Å². The number of hydrogen-bond donors (Lipinski definition) is 1. The predicted octanol–water partition coefficient (Wildman–Crippen LogP) is 3.00. The fourth-order valence-electron chi connectivity index (χ4n) is 3.22. The molecule has 1 fully saturated rings. The lowest BCUT2D eigenvalue weighted by Gasteiger charge is -2.30. The molecule has 0 saturated carbocycles. The summed E-state index contributed by atoms with van der Waals surface area (Å²) in [6.07, 6.45) is 1.08. The predicted molar refractivity (Wildman–Crippen MR) is 97.9 cm³/mol. The Kier molecular flexibility index (Phi) is 5.62. The van der Waals surface area contributed by atoms with Gasteiger partial charge in [-0.2, -0.15) is 0 Å². The van der Waals surface area contributed by atoms with Crippen LogP contribution in [0, 0.1) is 0 Å². The first-order valence-corrected chi connectivity index (χ1v) is 8.57. The van der Waals surface area contributed by atoms with Gasteiger partial charge in [0.05, 0.1) is 0 Å². The summed E-state index contributed by atoms with van der Waals surface area (Å²) in [6.45, 7) is 3.91. The molecule has 24 heavy (non-hydrogen) atoms. The smallest absolute Gasteiger partial charge is 0.246 e. The minimum absolute atomic E-state index is 0.0388. The highest BCUT2D eigenvalue weighted by Crippen LogP contribution is 2.24. The van der Waals surface area contributed by atoms with Crippen LogP contribution in [0.25, 0.3) is 0 Å². The number of likely N-dealkylation sites (N-methyl/N-ethyl adjacent to an activating group) is 1. The molecule has 3 rings (SSSR count). The van der Waals surface area contributed by atoms with Gasteiger partial charge in [0.15, 0.2) is 0 Å². The van der Waals surface area contributed by atoms with Gasteiger partial charge in [-0.3, -0.25) is 9.69 Å². The molecule has 1 unspecified atom stereocenters. The van der Waals surface area contributed by atoms with Gasteiger partial charge in [-0.25, -0.2) is 0 Å². The Morgan fingerprint density at radius 2 is 1.58 bits per heavy atom. The Balaban J connectivity index is 1.83. The van der Waals surface area contributed by atoms with E-state index < -0.39 is 0 Å². The van der Waals surface area contributed by atoms with E-state index in [1.54, 1.807) is 0 Å². The molecular weight excluding hydrogens is 298 g/mol. The number of nitrogens with zero attached hydrogens (tertiary/aromatic N) is 2. The Labute approximate surface area is 144 Å². The first-order valence-electron chi connectivity index (χ1n) is 8.57. The Morgan fingerprint density at radius 1 is 0.917 bits per heavy atom. The number of benzene rings is 2. The average Bonchev–Trinajstić information content (AvgIpc) is 2.82. The van der Waals surface area contributed by atoms with Gasteiger partial charge in [-0.15, -0.1) is 0 Å². The van der Waals surface area contributed by atoms with Crippen molar-refractivity contribution in [1.82, 2.24) is 9.80 Å². The summed E-state index contributed by atoms with van der Waals surface area (Å²) in [4.78, 5) is 17.7. The van der Waals surface area contributed by atoms with E-state index in [-0.39, 0.29) is 11.9 Å². The van der Waals surface area contributed by atoms with E-state index >= 15 is 0 Å². The van der Waals surface area contributed by atoms with E-state index in [0.29, 0.717) is 0 Å². The molecular formula is C20H25N3O. The first-order chi connectivity index (χ1) is 11.7. The molecule has 1 heterocycles. The molecule has 1 atom stereocenters. The molecule has 1 aliphatic rings. The van der Waals surface area contributed by atoms with Crippen molar-refractivity contribution in [3.63, 3.8) is 0 Å². The molecule has 126 valence electrons. The van der Waals surface area contributed by atoms with Crippen molar-refractivity contribution < 1.29 is 4.79 Å². The molecule has 1 saturated heterocycles. The lowest BCUT2D eigenvalue weighted by molar-refractivity contribution is -0.121. The zero-order valence-electron chi connectivity index (χ0n) is 14.2. The van der Waals surface area contributed by atoms with Crippen LogP contribution in [0.1, 0.15) is 18.0 Å². The maximum atomic E-state index is 13.0. The quantitative estimate of drug-likeness (QED) is 0.939. The highest BCUT2D eigenvalue weighted by molar-refractivity contribution is 5.95. The summed E-state index contributed by atoms with van der Waals surface area (Å²) >= 11 is 0. The SMILES string of the molecule is CN1CCCN(C(C(=O)Nc2ccccc2)c2ccccc2)CC1. The van der Waals surface area contributed by atoms with Crippen LogP contribution in [-0.2, 0) is 4.79 Å². The molecule has 0 radical (unpaired) electrons. The van der Waals surface area contributed by atoms with Crippen LogP contribution in [0.4, 0.5) is 5.69 Å².